The van der Waals surface area contributed by atoms with E-state index in [2.05, 4.69) is 11.9 Å². The number of allylic oxidation sites excluding steroid dienone is 1. The monoisotopic (exact) mass is 347 g/mol. The maximum absolute atomic E-state index is 12.5. The van der Waals surface area contributed by atoms with Crippen molar-refractivity contribution in [1.82, 2.24) is 10.2 Å². The minimum absolute atomic E-state index is 0.0596. The number of rotatable bonds is 5. The number of esters is 1. The van der Waals surface area contributed by atoms with E-state index < -0.39 is 16.9 Å². The van der Waals surface area contributed by atoms with Crippen LogP contribution in [0.25, 0.3) is 0 Å². The number of ether oxygens (including phenoxy) is 1. The lowest BCUT2D eigenvalue weighted by Gasteiger charge is -2.35. The molecule has 24 heavy (non-hydrogen) atoms. The quantitative estimate of drug-likeness (QED) is 0.288. The van der Waals surface area contributed by atoms with Crippen molar-refractivity contribution >= 4 is 29.0 Å². The van der Waals surface area contributed by atoms with Gasteiger partial charge in [0.25, 0.3) is 5.69 Å². The molecule has 8 heteroatoms. The first-order chi connectivity index (χ1) is 11.4. The van der Waals surface area contributed by atoms with Crippen LogP contribution >= 0.6 is 12.2 Å². The molecule has 0 amide bonds. The highest BCUT2D eigenvalue weighted by Gasteiger charge is 2.33. The highest BCUT2D eigenvalue weighted by atomic mass is 32.1. The van der Waals surface area contributed by atoms with Gasteiger partial charge in [0, 0.05) is 24.9 Å². The van der Waals surface area contributed by atoms with Crippen molar-refractivity contribution in [2.75, 3.05) is 13.7 Å². The number of nitrogens with zero attached hydrogens (tertiary/aromatic N) is 2. The first-order valence-corrected chi connectivity index (χ1v) is 7.55. The lowest BCUT2D eigenvalue weighted by molar-refractivity contribution is -0.384. The molecule has 0 saturated heterocycles. The van der Waals surface area contributed by atoms with E-state index in [0.29, 0.717) is 21.9 Å². The van der Waals surface area contributed by atoms with E-state index >= 15 is 0 Å². The second-order valence-corrected chi connectivity index (χ2v) is 5.57. The predicted molar refractivity (Wildman–Crippen MR) is 93.2 cm³/mol. The molecule has 1 N–H and O–H groups in total. The van der Waals surface area contributed by atoms with Crippen LogP contribution in [0.15, 0.2) is 48.2 Å². The minimum Gasteiger partial charge on any atom is -0.458 e. The fourth-order valence-electron chi connectivity index (χ4n) is 2.38. The molecule has 7 nitrogen and oxygen atoms in total. The summed E-state index contributed by atoms with van der Waals surface area (Å²) >= 11 is 5.27. The van der Waals surface area contributed by atoms with Gasteiger partial charge in [0.15, 0.2) is 5.11 Å². The Balaban J connectivity index is 2.50. The summed E-state index contributed by atoms with van der Waals surface area (Å²) in [4.78, 5) is 24.6. The molecule has 1 aliphatic heterocycles. The molecule has 0 aromatic heterocycles. The Kier molecular flexibility index (Phi) is 5.30. The second-order valence-electron chi connectivity index (χ2n) is 5.18. The molecule has 0 aliphatic carbocycles. The van der Waals surface area contributed by atoms with Gasteiger partial charge in [-0.25, -0.2) is 4.79 Å². The number of non-ortho nitro benzene ring substituents is 1. The van der Waals surface area contributed by atoms with Gasteiger partial charge in [0.2, 0.25) is 0 Å². The SMILES string of the molecule is C=CCOC(=O)C1=C(C)N(C)C(=S)NC1c1cccc([N+](=O)[O-])c1. The Labute approximate surface area is 144 Å². The van der Waals surface area contributed by atoms with Gasteiger partial charge in [-0.3, -0.25) is 10.1 Å². The molecule has 1 unspecified atom stereocenters. The molecule has 1 aromatic rings. The van der Waals surface area contributed by atoms with Crippen LogP contribution in [0.5, 0.6) is 0 Å². The van der Waals surface area contributed by atoms with Gasteiger partial charge in [0.1, 0.15) is 6.61 Å². The average Bonchev–Trinajstić information content (AvgIpc) is 2.57. The highest BCUT2D eigenvalue weighted by Crippen LogP contribution is 2.32. The molecule has 2 rings (SSSR count). The number of hydrogen-bond acceptors (Lipinski definition) is 5. The third-order valence-corrected chi connectivity index (χ3v) is 4.11. The summed E-state index contributed by atoms with van der Waals surface area (Å²) < 4.78 is 5.16. The van der Waals surface area contributed by atoms with Gasteiger partial charge < -0.3 is 15.0 Å². The molecular weight excluding hydrogens is 330 g/mol. The van der Waals surface area contributed by atoms with Gasteiger partial charge in [-0.15, -0.1) is 0 Å². The van der Waals surface area contributed by atoms with Crippen LogP contribution in [0.2, 0.25) is 0 Å². The summed E-state index contributed by atoms with van der Waals surface area (Å²) in [5, 5.41) is 14.5. The number of carbonyl (C=O) groups excluding carboxylic acids is 1. The smallest absolute Gasteiger partial charge is 0.338 e. The fraction of sp³-hybridized carbons (Fsp3) is 0.250. The summed E-state index contributed by atoms with van der Waals surface area (Å²) in [7, 11) is 1.73. The number of nitro groups is 1. The third kappa shape index (κ3) is 3.43. The zero-order valence-electron chi connectivity index (χ0n) is 13.3. The summed E-state index contributed by atoms with van der Waals surface area (Å²) in [6.45, 7) is 5.34. The lowest BCUT2D eigenvalue weighted by atomic mass is 9.95. The van der Waals surface area contributed by atoms with Crippen molar-refractivity contribution < 1.29 is 14.5 Å². The topological polar surface area (TPSA) is 84.7 Å². The van der Waals surface area contributed by atoms with Crippen molar-refractivity contribution in [3.8, 4) is 0 Å². The number of nitrogens with one attached hydrogen (secondary N) is 1. The Hall–Kier alpha value is -2.74. The first-order valence-electron chi connectivity index (χ1n) is 7.14. The average molecular weight is 347 g/mol. The van der Waals surface area contributed by atoms with E-state index in [-0.39, 0.29) is 12.3 Å². The number of benzene rings is 1. The van der Waals surface area contributed by atoms with Crippen LogP contribution in [0.3, 0.4) is 0 Å². The van der Waals surface area contributed by atoms with Gasteiger partial charge in [-0.05, 0) is 24.7 Å². The van der Waals surface area contributed by atoms with Crippen molar-refractivity contribution in [3.05, 3.63) is 63.9 Å². The van der Waals surface area contributed by atoms with Crippen LogP contribution in [0.4, 0.5) is 5.69 Å². The molecule has 0 radical (unpaired) electrons. The molecule has 0 fully saturated rings. The van der Waals surface area contributed by atoms with Crippen molar-refractivity contribution in [2.45, 2.75) is 13.0 Å². The molecule has 1 aromatic carbocycles. The Morgan fingerprint density at radius 1 is 1.58 bits per heavy atom. The van der Waals surface area contributed by atoms with Crippen LogP contribution in [-0.2, 0) is 9.53 Å². The highest BCUT2D eigenvalue weighted by molar-refractivity contribution is 7.80. The number of carbonyl (C=O) groups is 1. The van der Waals surface area contributed by atoms with Gasteiger partial charge in [-0.2, -0.15) is 0 Å². The molecule has 0 saturated carbocycles. The maximum Gasteiger partial charge on any atom is 0.338 e. The van der Waals surface area contributed by atoms with Crippen LogP contribution in [-0.4, -0.2) is 34.6 Å². The molecule has 126 valence electrons. The van der Waals surface area contributed by atoms with Crippen molar-refractivity contribution in [1.29, 1.82) is 0 Å². The molecule has 1 aliphatic rings. The van der Waals surface area contributed by atoms with E-state index in [1.54, 1.807) is 31.0 Å². The summed E-state index contributed by atoms with van der Waals surface area (Å²) in [6, 6.07) is 5.46. The molecular formula is C16H17N3O4S. The molecule has 1 heterocycles. The minimum atomic E-state index is -0.620. The normalized spacial score (nSPS) is 17.3. The van der Waals surface area contributed by atoms with Crippen molar-refractivity contribution in [3.63, 3.8) is 0 Å². The van der Waals surface area contributed by atoms with Gasteiger partial charge >= 0.3 is 5.97 Å². The Morgan fingerprint density at radius 3 is 2.92 bits per heavy atom. The summed E-state index contributed by atoms with van der Waals surface area (Å²) in [5.41, 5.74) is 1.48. The van der Waals surface area contributed by atoms with Crippen LogP contribution in [0.1, 0.15) is 18.5 Å². The number of thiocarbonyl (C=S) groups is 1. The standard InChI is InChI=1S/C16H17N3O4S/c1-4-8-23-15(20)13-10(2)18(3)16(24)17-14(13)11-6-5-7-12(9-11)19(21)22/h4-7,9,14H,1,8H2,2-3H3,(H,17,24). The zero-order chi connectivity index (χ0) is 17.9. The molecule has 1 atom stereocenters. The zero-order valence-corrected chi connectivity index (χ0v) is 14.1. The Morgan fingerprint density at radius 2 is 2.29 bits per heavy atom. The van der Waals surface area contributed by atoms with Gasteiger partial charge in [-0.1, -0.05) is 24.8 Å². The lowest BCUT2D eigenvalue weighted by Crippen LogP contribution is -2.46. The second kappa shape index (κ2) is 7.22. The summed E-state index contributed by atoms with van der Waals surface area (Å²) in [5.74, 6) is -0.522. The predicted octanol–water partition coefficient (Wildman–Crippen LogP) is 2.46. The van der Waals surface area contributed by atoms with E-state index in [9.17, 15) is 14.9 Å². The molecule has 0 spiro atoms. The Bertz CT molecular complexity index is 745. The first kappa shape index (κ1) is 17.6. The van der Waals surface area contributed by atoms with E-state index in [4.69, 9.17) is 17.0 Å². The van der Waals surface area contributed by atoms with Gasteiger partial charge in [0.05, 0.1) is 16.5 Å². The van der Waals surface area contributed by atoms with E-state index in [1.807, 2.05) is 0 Å². The molecule has 0 bridgehead atoms. The maximum atomic E-state index is 12.5. The number of nitro benzene ring substituents is 1. The van der Waals surface area contributed by atoms with E-state index in [0.717, 1.165) is 0 Å². The fourth-order valence-corrected chi connectivity index (χ4v) is 2.63. The number of hydrogen-bond donors (Lipinski definition) is 1. The van der Waals surface area contributed by atoms with E-state index in [1.165, 1.54) is 18.2 Å². The largest absolute Gasteiger partial charge is 0.458 e. The third-order valence-electron chi connectivity index (χ3n) is 3.72. The van der Waals surface area contributed by atoms with Crippen LogP contribution < -0.4 is 5.32 Å². The van der Waals surface area contributed by atoms with Crippen molar-refractivity contribution in [2.24, 2.45) is 0 Å². The van der Waals surface area contributed by atoms with Crippen LogP contribution in [0, 0.1) is 10.1 Å². The summed E-state index contributed by atoms with van der Waals surface area (Å²) in [6.07, 6.45) is 1.47.